The molecule has 2 rings (SSSR count). The number of hydrogen-bond donors (Lipinski definition) is 0. The lowest BCUT2D eigenvalue weighted by Gasteiger charge is -1.90. The fourth-order valence-corrected chi connectivity index (χ4v) is 1.01. The van der Waals surface area contributed by atoms with Crippen LogP contribution in [0.2, 0.25) is 0 Å². The zero-order chi connectivity index (χ0) is 7.68. The van der Waals surface area contributed by atoms with Gasteiger partial charge >= 0.3 is 0 Å². The first-order valence-electron chi connectivity index (χ1n) is 3.31. The van der Waals surface area contributed by atoms with E-state index in [4.69, 9.17) is 4.52 Å². The third-order valence-corrected chi connectivity index (χ3v) is 1.58. The highest BCUT2D eigenvalue weighted by Crippen LogP contribution is 2.14. The minimum atomic E-state index is -0.193. The highest BCUT2D eigenvalue weighted by Gasteiger charge is 1.98. The van der Waals surface area contributed by atoms with Crippen LogP contribution in [0.1, 0.15) is 5.56 Å². The van der Waals surface area contributed by atoms with Crippen molar-refractivity contribution in [3.05, 3.63) is 30.0 Å². The standard InChI is InChI=1S/C8H6NO2/c10-5-6-1-2-8-7(3-6)4-9-11-8/h1-4H,5H2. The summed E-state index contributed by atoms with van der Waals surface area (Å²) < 4.78 is 4.87. The topological polar surface area (TPSA) is 45.9 Å². The fraction of sp³-hybridized carbons (Fsp3) is 0.125. The lowest BCUT2D eigenvalue weighted by molar-refractivity contribution is 0.177. The van der Waals surface area contributed by atoms with Gasteiger partial charge in [0.05, 0.1) is 6.20 Å². The van der Waals surface area contributed by atoms with Crippen LogP contribution in [0.3, 0.4) is 0 Å². The normalized spacial score (nSPS) is 10.6. The molecule has 0 bridgehead atoms. The summed E-state index contributed by atoms with van der Waals surface area (Å²) in [5.41, 5.74) is 1.49. The molecule has 0 fully saturated rings. The van der Waals surface area contributed by atoms with E-state index in [9.17, 15) is 5.11 Å². The van der Waals surface area contributed by atoms with Crippen LogP contribution in [0.25, 0.3) is 11.0 Å². The van der Waals surface area contributed by atoms with Crippen LogP contribution in [0.15, 0.2) is 28.9 Å². The van der Waals surface area contributed by atoms with E-state index in [0.717, 1.165) is 16.5 Å². The van der Waals surface area contributed by atoms with Gasteiger partial charge < -0.3 is 4.52 Å². The van der Waals surface area contributed by atoms with E-state index in [-0.39, 0.29) is 6.61 Å². The highest BCUT2D eigenvalue weighted by atomic mass is 16.5. The molecule has 3 nitrogen and oxygen atoms in total. The molecule has 0 saturated carbocycles. The molecule has 0 aliphatic rings. The number of rotatable bonds is 1. The second-order valence-electron chi connectivity index (χ2n) is 2.34. The van der Waals surface area contributed by atoms with Crippen LogP contribution in [-0.4, -0.2) is 5.16 Å². The van der Waals surface area contributed by atoms with Gasteiger partial charge in [-0.25, -0.2) is 5.11 Å². The van der Waals surface area contributed by atoms with Gasteiger partial charge in [0.2, 0.25) is 0 Å². The van der Waals surface area contributed by atoms with Crippen LogP contribution in [0, 0.1) is 0 Å². The predicted molar refractivity (Wildman–Crippen MR) is 38.4 cm³/mol. The van der Waals surface area contributed by atoms with Gasteiger partial charge in [0, 0.05) is 5.39 Å². The second-order valence-corrected chi connectivity index (χ2v) is 2.34. The Morgan fingerprint density at radius 3 is 3.18 bits per heavy atom. The summed E-state index contributed by atoms with van der Waals surface area (Å²) in [6.07, 6.45) is 1.61. The molecule has 0 spiro atoms. The summed E-state index contributed by atoms with van der Waals surface area (Å²) in [5, 5.41) is 14.9. The van der Waals surface area contributed by atoms with Gasteiger partial charge in [-0.2, -0.15) is 0 Å². The van der Waals surface area contributed by atoms with E-state index in [0.29, 0.717) is 0 Å². The quantitative estimate of drug-likeness (QED) is 0.618. The Morgan fingerprint density at radius 1 is 1.45 bits per heavy atom. The van der Waals surface area contributed by atoms with Crippen LogP contribution >= 0.6 is 0 Å². The maximum absolute atomic E-state index is 10.4. The number of fused-ring (bicyclic) bond motifs is 1. The molecule has 1 aromatic heterocycles. The first-order valence-corrected chi connectivity index (χ1v) is 3.31. The minimum absolute atomic E-state index is 0.193. The highest BCUT2D eigenvalue weighted by molar-refractivity contribution is 5.76. The Hall–Kier alpha value is -1.35. The van der Waals surface area contributed by atoms with Crippen molar-refractivity contribution in [1.82, 2.24) is 5.16 Å². The molecule has 2 aromatic rings. The van der Waals surface area contributed by atoms with Crippen LogP contribution in [0.4, 0.5) is 0 Å². The van der Waals surface area contributed by atoms with Crippen LogP contribution in [-0.2, 0) is 11.7 Å². The smallest absolute Gasteiger partial charge is 0.166 e. The maximum atomic E-state index is 10.4. The molecule has 1 heterocycles. The number of benzene rings is 1. The molecule has 3 heteroatoms. The van der Waals surface area contributed by atoms with E-state index in [1.807, 2.05) is 0 Å². The van der Waals surface area contributed by atoms with Gasteiger partial charge in [-0.15, -0.1) is 0 Å². The van der Waals surface area contributed by atoms with Crippen molar-refractivity contribution in [2.45, 2.75) is 6.61 Å². The van der Waals surface area contributed by atoms with Crippen molar-refractivity contribution in [2.24, 2.45) is 0 Å². The van der Waals surface area contributed by atoms with Crippen LogP contribution < -0.4 is 0 Å². The number of aromatic nitrogens is 1. The lowest BCUT2D eigenvalue weighted by Crippen LogP contribution is -1.78. The Kier molecular flexibility index (Phi) is 1.36. The van der Waals surface area contributed by atoms with E-state index in [2.05, 4.69) is 5.16 Å². The summed E-state index contributed by atoms with van der Waals surface area (Å²) in [6.45, 7) is -0.193. The SMILES string of the molecule is [O]Cc1ccc2oncc2c1. The van der Waals surface area contributed by atoms with Gasteiger partial charge in [0.25, 0.3) is 0 Å². The van der Waals surface area contributed by atoms with E-state index in [1.54, 1.807) is 24.4 Å². The van der Waals surface area contributed by atoms with E-state index < -0.39 is 0 Å². The Labute approximate surface area is 63.2 Å². The number of hydrogen-bond acceptors (Lipinski definition) is 2. The van der Waals surface area contributed by atoms with Gasteiger partial charge in [-0.05, 0) is 17.7 Å². The van der Waals surface area contributed by atoms with E-state index >= 15 is 0 Å². The minimum Gasteiger partial charge on any atom is -0.356 e. The van der Waals surface area contributed by atoms with Crippen LogP contribution in [0.5, 0.6) is 0 Å². The average Bonchev–Trinajstić information content (AvgIpc) is 2.50. The fourth-order valence-electron chi connectivity index (χ4n) is 1.01. The molecule has 1 aromatic carbocycles. The zero-order valence-electron chi connectivity index (χ0n) is 5.78. The molecule has 0 unspecified atom stereocenters. The molecule has 0 N–H and O–H groups in total. The first kappa shape index (κ1) is 6.37. The molecular formula is C8H6NO2. The number of nitrogens with zero attached hydrogens (tertiary/aromatic N) is 1. The molecule has 0 atom stereocenters. The second kappa shape index (κ2) is 2.36. The summed E-state index contributed by atoms with van der Waals surface area (Å²) in [6, 6.07) is 5.30. The van der Waals surface area contributed by atoms with E-state index in [1.165, 1.54) is 0 Å². The molecule has 0 amide bonds. The van der Waals surface area contributed by atoms with Gasteiger partial charge in [0.1, 0.15) is 6.61 Å². The Morgan fingerprint density at radius 2 is 2.36 bits per heavy atom. The largest absolute Gasteiger partial charge is 0.356 e. The summed E-state index contributed by atoms with van der Waals surface area (Å²) in [4.78, 5) is 0. The molecule has 1 radical (unpaired) electrons. The van der Waals surface area contributed by atoms with Crippen molar-refractivity contribution >= 4 is 11.0 Å². The average molecular weight is 148 g/mol. The summed E-state index contributed by atoms with van der Waals surface area (Å²) >= 11 is 0. The molecular weight excluding hydrogens is 142 g/mol. The molecule has 55 valence electrons. The molecule has 0 aliphatic heterocycles. The van der Waals surface area contributed by atoms with Crippen molar-refractivity contribution < 1.29 is 9.63 Å². The molecule has 0 saturated heterocycles. The monoisotopic (exact) mass is 148 g/mol. The van der Waals surface area contributed by atoms with Gasteiger partial charge in [-0.3, -0.25) is 0 Å². The van der Waals surface area contributed by atoms with Gasteiger partial charge in [-0.1, -0.05) is 11.2 Å². The Balaban J connectivity index is 2.67. The van der Waals surface area contributed by atoms with Crippen molar-refractivity contribution in [1.29, 1.82) is 0 Å². The maximum Gasteiger partial charge on any atom is 0.166 e. The predicted octanol–water partition coefficient (Wildman–Crippen LogP) is 1.76. The van der Waals surface area contributed by atoms with Crippen molar-refractivity contribution in [3.8, 4) is 0 Å². The summed E-state index contributed by atoms with van der Waals surface area (Å²) in [7, 11) is 0. The Bertz CT molecular complexity index is 367. The zero-order valence-corrected chi connectivity index (χ0v) is 5.78. The molecule has 11 heavy (non-hydrogen) atoms. The molecule has 0 aliphatic carbocycles. The van der Waals surface area contributed by atoms with Gasteiger partial charge in [0.15, 0.2) is 5.58 Å². The lowest BCUT2D eigenvalue weighted by atomic mass is 10.2. The van der Waals surface area contributed by atoms with Crippen molar-refractivity contribution in [3.63, 3.8) is 0 Å². The first-order chi connectivity index (χ1) is 5.40. The third-order valence-electron chi connectivity index (χ3n) is 1.58. The third kappa shape index (κ3) is 0.991. The summed E-state index contributed by atoms with van der Waals surface area (Å²) in [5.74, 6) is 0. The van der Waals surface area contributed by atoms with Crippen molar-refractivity contribution in [2.75, 3.05) is 0 Å².